The lowest BCUT2D eigenvalue weighted by atomic mass is 10.1. The van der Waals surface area contributed by atoms with Gasteiger partial charge in [-0.2, -0.15) is 0 Å². The lowest BCUT2D eigenvalue weighted by Crippen LogP contribution is -2.09. The normalized spacial score (nSPS) is 12.3. The first kappa shape index (κ1) is 14.1. The first-order valence-electron chi connectivity index (χ1n) is 5.81. The summed E-state index contributed by atoms with van der Waals surface area (Å²) in [7, 11) is 0. The van der Waals surface area contributed by atoms with E-state index in [1.807, 2.05) is 19.9 Å². The fourth-order valence-electron chi connectivity index (χ4n) is 1.86. The molecule has 1 N–H and O–H groups in total. The highest BCUT2D eigenvalue weighted by atomic mass is 35.5. The largest absolute Gasteiger partial charge is 0.377 e. The van der Waals surface area contributed by atoms with E-state index in [2.05, 4.69) is 10.3 Å². The summed E-state index contributed by atoms with van der Waals surface area (Å²) < 4.78 is 13.5. The summed E-state index contributed by atoms with van der Waals surface area (Å²) in [5.74, 6) is -0.474. The average Bonchev–Trinajstić information content (AvgIpc) is 2.37. The highest BCUT2D eigenvalue weighted by Gasteiger charge is 2.17. The predicted octanol–water partition coefficient (Wildman–Crippen LogP) is 5.01. The van der Waals surface area contributed by atoms with Gasteiger partial charge in [0.1, 0.15) is 5.82 Å². The topological polar surface area (TPSA) is 24.9 Å². The number of pyridine rings is 1. The molecule has 2 rings (SSSR count). The summed E-state index contributed by atoms with van der Waals surface area (Å²) >= 11 is 12.1. The van der Waals surface area contributed by atoms with Crippen LogP contribution < -0.4 is 5.32 Å². The molecule has 0 amide bonds. The molecule has 0 radical (unpaired) electrons. The fraction of sp³-hybridized carbons (Fsp3) is 0.214. The number of nitrogens with one attached hydrogen (secondary N) is 1. The Morgan fingerprint density at radius 2 is 2.00 bits per heavy atom. The molecule has 1 heterocycles. The summed E-state index contributed by atoms with van der Waals surface area (Å²) in [4.78, 5) is 4.05. The Morgan fingerprint density at radius 1 is 1.26 bits per heavy atom. The van der Waals surface area contributed by atoms with Gasteiger partial charge in [-0.1, -0.05) is 23.2 Å². The zero-order chi connectivity index (χ0) is 14.0. The third-order valence-electron chi connectivity index (χ3n) is 2.92. The van der Waals surface area contributed by atoms with E-state index in [-0.39, 0.29) is 11.1 Å². The molecular weight excluding hydrogens is 286 g/mol. The maximum absolute atomic E-state index is 13.5. The second-order valence-corrected chi connectivity index (χ2v) is 5.10. The number of aryl methyl sites for hydroxylation is 1. The molecule has 0 saturated carbocycles. The summed E-state index contributed by atoms with van der Waals surface area (Å²) in [6, 6.07) is 4.44. The van der Waals surface area contributed by atoms with Crippen molar-refractivity contribution in [1.29, 1.82) is 0 Å². The minimum atomic E-state index is -0.474. The van der Waals surface area contributed by atoms with E-state index in [4.69, 9.17) is 23.2 Å². The van der Waals surface area contributed by atoms with Crippen molar-refractivity contribution in [2.75, 3.05) is 5.32 Å². The van der Waals surface area contributed by atoms with E-state index in [9.17, 15) is 4.39 Å². The van der Waals surface area contributed by atoms with Crippen LogP contribution in [0.3, 0.4) is 0 Å². The van der Waals surface area contributed by atoms with Gasteiger partial charge in [0, 0.05) is 16.8 Å². The molecule has 0 aliphatic rings. The minimum absolute atomic E-state index is 0.0500. The van der Waals surface area contributed by atoms with E-state index in [0.29, 0.717) is 10.6 Å². The number of benzene rings is 1. The van der Waals surface area contributed by atoms with Gasteiger partial charge in [-0.15, -0.1) is 0 Å². The van der Waals surface area contributed by atoms with Crippen molar-refractivity contribution in [1.82, 2.24) is 4.98 Å². The molecule has 1 atom stereocenters. The van der Waals surface area contributed by atoms with Crippen molar-refractivity contribution in [2.24, 2.45) is 0 Å². The van der Waals surface area contributed by atoms with E-state index >= 15 is 0 Å². The van der Waals surface area contributed by atoms with Crippen LogP contribution in [-0.2, 0) is 0 Å². The molecule has 0 bridgehead atoms. The molecule has 2 nitrogen and oxygen atoms in total. The van der Waals surface area contributed by atoms with E-state index in [1.165, 1.54) is 12.1 Å². The van der Waals surface area contributed by atoms with Crippen molar-refractivity contribution in [2.45, 2.75) is 19.9 Å². The standard InChI is InChI=1S/C14H13Cl2FN2/c1-8-5-6-18-7-12(8)19-9(2)13-10(15)3-4-11(17)14(13)16/h3-7,9,19H,1-2H3. The van der Waals surface area contributed by atoms with Gasteiger partial charge in [0.15, 0.2) is 0 Å². The van der Waals surface area contributed by atoms with Crippen LogP contribution in [0.1, 0.15) is 24.1 Å². The van der Waals surface area contributed by atoms with Crippen LogP contribution in [-0.4, -0.2) is 4.98 Å². The minimum Gasteiger partial charge on any atom is -0.377 e. The van der Waals surface area contributed by atoms with Gasteiger partial charge in [-0.3, -0.25) is 4.98 Å². The second-order valence-electron chi connectivity index (χ2n) is 4.31. The molecule has 0 saturated heterocycles. The Morgan fingerprint density at radius 3 is 2.68 bits per heavy atom. The Hall–Kier alpha value is -1.32. The van der Waals surface area contributed by atoms with Gasteiger partial charge >= 0.3 is 0 Å². The lowest BCUT2D eigenvalue weighted by Gasteiger charge is -2.19. The maximum Gasteiger partial charge on any atom is 0.142 e. The average molecular weight is 299 g/mol. The Labute approximate surface area is 121 Å². The molecule has 5 heteroatoms. The first-order chi connectivity index (χ1) is 9.00. The number of anilines is 1. The molecule has 1 aromatic carbocycles. The number of halogens is 3. The molecule has 0 fully saturated rings. The molecule has 0 aliphatic carbocycles. The monoisotopic (exact) mass is 298 g/mol. The summed E-state index contributed by atoms with van der Waals surface area (Å²) in [5.41, 5.74) is 2.46. The Kier molecular flexibility index (Phi) is 4.27. The van der Waals surface area contributed by atoms with Crippen LogP contribution in [0.2, 0.25) is 10.0 Å². The predicted molar refractivity (Wildman–Crippen MR) is 77.4 cm³/mol. The van der Waals surface area contributed by atoms with E-state index in [0.717, 1.165) is 11.3 Å². The number of aromatic nitrogens is 1. The van der Waals surface area contributed by atoms with Gasteiger partial charge in [-0.25, -0.2) is 4.39 Å². The van der Waals surface area contributed by atoms with Crippen LogP contribution >= 0.6 is 23.2 Å². The van der Waals surface area contributed by atoms with Crippen LogP contribution in [0.15, 0.2) is 30.6 Å². The second kappa shape index (κ2) is 5.76. The third-order valence-corrected chi connectivity index (χ3v) is 3.64. The molecule has 2 aromatic rings. The SMILES string of the molecule is Cc1ccncc1NC(C)c1c(Cl)ccc(F)c1Cl. The van der Waals surface area contributed by atoms with Crippen molar-refractivity contribution < 1.29 is 4.39 Å². The van der Waals surface area contributed by atoms with Crippen molar-refractivity contribution in [3.8, 4) is 0 Å². The highest BCUT2D eigenvalue weighted by molar-refractivity contribution is 6.36. The quantitative estimate of drug-likeness (QED) is 0.806. The molecule has 1 aromatic heterocycles. The smallest absolute Gasteiger partial charge is 0.142 e. The van der Waals surface area contributed by atoms with Crippen molar-refractivity contribution >= 4 is 28.9 Å². The van der Waals surface area contributed by atoms with Gasteiger partial charge in [-0.05, 0) is 37.6 Å². The first-order valence-corrected chi connectivity index (χ1v) is 6.57. The number of hydrogen-bond donors (Lipinski definition) is 1. The zero-order valence-corrected chi connectivity index (χ0v) is 12.1. The van der Waals surface area contributed by atoms with Crippen molar-refractivity contribution in [3.63, 3.8) is 0 Å². The van der Waals surface area contributed by atoms with Crippen LogP contribution in [0.25, 0.3) is 0 Å². The number of nitrogens with zero attached hydrogens (tertiary/aromatic N) is 1. The zero-order valence-electron chi connectivity index (χ0n) is 10.5. The van der Waals surface area contributed by atoms with Gasteiger partial charge < -0.3 is 5.32 Å². The van der Waals surface area contributed by atoms with Gasteiger partial charge in [0.05, 0.1) is 22.9 Å². The van der Waals surface area contributed by atoms with Crippen LogP contribution in [0, 0.1) is 12.7 Å². The summed E-state index contributed by atoms with van der Waals surface area (Å²) in [5, 5.41) is 3.73. The molecule has 1 unspecified atom stereocenters. The van der Waals surface area contributed by atoms with Crippen LogP contribution in [0.4, 0.5) is 10.1 Å². The maximum atomic E-state index is 13.5. The summed E-state index contributed by atoms with van der Waals surface area (Å²) in [6.45, 7) is 3.84. The lowest BCUT2D eigenvalue weighted by molar-refractivity contribution is 0.624. The van der Waals surface area contributed by atoms with E-state index in [1.54, 1.807) is 12.4 Å². The Bertz CT molecular complexity index is 602. The Balaban J connectivity index is 2.33. The fourth-order valence-corrected chi connectivity index (χ4v) is 2.56. The van der Waals surface area contributed by atoms with Crippen molar-refractivity contribution in [3.05, 3.63) is 57.6 Å². The molecule has 100 valence electrons. The molecule has 0 aliphatic heterocycles. The molecule has 0 spiro atoms. The van der Waals surface area contributed by atoms with Gasteiger partial charge in [0.25, 0.3) is 0 Å². The number of hydrogen-bond acceptors (Lipinski definition) is 2. The highest BCUT2D eigenvalue weighted by Crippen LogP contribution is 2.34. The number of rotatable bonds is 3. The van der Waals surface area contributed by atoms with E-state index < -0.39 is 5.82 Å². The molecular formula is C14H13Cl2FN2. The summed E-state index contributed by atoms with van der Waals surface area (Å²) in [6.07, 6.45) is 3.43. The van der Waals surface area contributed by atoms with Gasteiger partial charge in [0.2, 0.25) is 0 Å². The van der Waals surface area contributed by atoms with Crippen LogP contribution in [0.5, 0.6) is 0 Å². The molecule has 19 heavy (non-hydrogen) atoms. The third kappa shape index (κ3) is 2.99.